The number of aryl methyl sites for hydroxylation is 1. The first kappa shape index (κ1) is 16.8. The lowest BCUT2D eigenvalue weighted by Crippen LogP contribution is -2.46. The van der Waals surface area contributed by atoms with Crippen LogP contribution in [0.1, 0.15) is 34.3 Å². The molecule has 7 nitrogen and oxygen atoms in total. The predicted molar refractivity (Wildman–Crippen MR) is 98.2 cm³/mol. The van der Waals surface area contributed by atoms with Crippen molar-refractivity contribution in [2.45, 2.75) is 24.8 Å². The second kappa shape index (κ2) is 6.09. The zero-order chi connectivity index (χ0) is 19.3. The number of Topliss-reactive ketones (excluding diaryl/α,β-unsaturated/α-hetero) is 1. The van der Waals surface area contributed by atoms with Crippen molar-refractivity contribution in [2.75, 3.05) is 13.3 Å². The van der Waals surface area contributed by atoms with E-state index < -0.39 is 11.6 Å². The minimum atomic E-state index is -1.07. The van der Waals surface area contributed by atoms with E-state index in [1.807, 2.05) is 24.3 Å². The number of nitrogens with zero attached hydrogens (tertiary/aromatic N) is 1. The van der Waals surface area contributed by atoms with Crippen molar-refractivity contribution in [3.8, 4) is 11.5 Å². The standard InChI is InChI=1S/C21H18N2O5/c24-16(14-7-8-17-18(10-14)28-12-27-17)11-23-19(25)21(22-20(23)26)9-3-5-13-4-1-2-6-15(13)21/h1-2,4,6-8,10H,3,5,9,11-12H2,(H,22,26)/t21-/m0/s1. The number of nitrogens with one attached hydrogen (secondary N) is 1. The maximum absolute atomic E-state index is 13.3. The molecule has 0 saturated carbocycles. The molecule has 2 heterocycles. The van der Waals surface area contributed by atoms with Gasteiger partial charge >= 0.3 is 6.03 Å². The lowest BCUT2D eigenvalue weighted by molar-refractivity contribution is -0.131. The van der Waals surface area contributed by atoms with Crippen LogP contribution >= 0.6 is 0 Å². The average molecular weight is 378 g/mol. The topological polar surface area (TPSA) is 84.9 Å². The molecule has 7 heteroatoms. The Kier molecular flexibility index (Phi) is 3.65. The van der Waals surface area contributed by atoms with Crippen molar-refractivity contribution in [1.82, 2.24) is 10.2 Å². The number of carbonyl (C=O) groups excluding carboxylic acids is 3. The number of ketones is 1. The van der Waals surface area contributed by atoms with Crippen LogP contribution in [0, 0.1) is 0 Å². The average Bonchev–Trinajstić information content (AvgIpc) is 3.27. The number of fused-ring (bicyclic) bond motifs is 3. The third-order valence-electron chi connectivity index (χ3n) is 5.65. The number of urea groups is 1. The molecule has 1 aliphatic carbocycles. The summed E-state index contributed by atoms with van der Waals surface area (Å²) in [5.41, 5.74) is 1.19. The molecule has 142 valence electrons. The van der Waals surface area contributed by atoms with Gasteiger partial charge in [-0.2, -0.15) is 0 Å². The molecule has 28 heavy (non-hydrogen) atoms. The van der Waals surface area contributed by atoms with Crippen molar-refractivity contribution < 1.29 is 23.9 Å². The van der Waals surface area contributed by atoms with Crippen molar-refractivity contribution in [1.29, 1.82) is 0 Å². The van der Waals surface area contributed by atoms with Crippen molar-refractivity contribution in [3.05, 3.63) is 59.2 Å². The van der Waals surface area contributed by atoms with Crippen LogP contribution < -0.4 is 14.8 Å². The Balaban J connectivity index is 1.42. The maximum Gasteiger partial charge on any atom is 0.325 e. The van der Waals surface area contributed by atoms with Crippen LogP contribution in [0.4, 0.5) is 4.79 Å². The van der Waals surface area contributed by atoms with Crippen LogP contribution in [-0.2, 0) is 16.8 Å². The van der Waals surface area contributed by atoms with Crippen molar-refractivity contribution >= 4 is 17.7 Å². The van der Waals surface area contributed by atoms with Gasteiger partial charge in [0, 0.05) is 5.56 Å². The Bertz CT molecular complexity index is 1020. The lowest BCUT2D eigenvalue weighted by atomic mass is 9.76. The van der Waals surface area contributed by atoms with E-state index in [-0.39, 0.29) is 25.0 Å². The number of hydrogen-bond acceptors (Lipinski definition) is 5. The van der Waals surface area contributed by atoms with E-state index in [0.29, 0.717) is 23.5 Å². The summed E-state index contributed by atoms with van der Waals surface area (Å²) in [6, 6.07) is 12.0. The molecular weight excluding hydrogens is 360 g/mol. The van der Waals surface area contributed by atoms with E-state index in [0.717, 1.165) is 28.9 Å². The normalized spacial score (nSPS) is 22.4. The summed E-state index contributed by atoms with van der Waals surface area (Å²) >= 11 is 0. The van der Waals surface area contributed by atoms with Gasteiger partial charge in [-0.15, -0.1) is 0 Å². The molecule has 1 spiro atoms. The van der Waals surface area contributed by atoms with Crippen molar-refractivity contribution in [2.24, 2.45) is 0 Å². The van der Waals surface area contributed by atoms with E-state index in [1.165, 1.54) is 0 Å². The van der Waals surface area contributed by atoms with Gasteiger partial charge in [-0.3, -0.25) is 14.5 Å². The Hall–Kier alpha value is -3.35. The second-order valence-corrected chi connectivity index (χ2v) is 7.23. The molecule has 2 aromatic carbocycles. The summed E-state index contributed by atoms with van der Waals surface area (Å²) in [6.07, 6.45) is 2.20. The van der Waals surface area contributed by atoms with Gasteiger partial charge in [-0.1, -0.05) is 24.3 Å². The number of amides is 3. The van der Waals surface area contributed by atoms with Crippen LogP contribution in [-0.4, -0.2) is 36.0 Å². The summed E-state index contributed by atoms with van der Waals surface area (Å²) in [5.74, 6) is 0.367. The van der Waals surface area contributed by atoms with Gasteiger partial charge in [0.05, 0.1) is 6.54 Å². The molecule has 0 bridgehead atoms. The highest BCUT2D eigenvalue weighted by Gasteiger charge is 2.54. The third kappa shape index (κ3) is 2.39. The van der Waals surface area contributed by atoms with Crippen LogP contribution in [0.5, 0.6) is 11.5 Å². The number of ether oxygens (including phenoxy) is 2. The SMILES string of the molecule is O=C(CN1C(=O)N[C@]2(CCCc3ccccc32)C1=O)c1ccc2c(c1)OCO2. The van der Waals surface area contributed by atoms with Crippen molar-refractivity contribution in [3.63, 3.8) is 0 Å². The Morgan fingerprint density at radius 3 is 2.82 bits per heavy atom. The largest absolute Gasteiger partial charge is 0.454 e. The number of carbonyl (C=O) groups is 3. The van der Waals surface area contributed by atoms with E-state index in [1.54, 1.807) is 18.2 Å². The van der Waals surface area contributed by atoms with Gasteiger partial charge in [0.15, 0.2) is 17.3 Å². The monoisotopic (exact) mass is 378 g/mol. The first-order valence-electron chi connectivity index (χ1n) is 9.24. The number of benzene rings is 2. The molecule has 1 N–H and O–H groups in total. The van der Waals surface area contributed by atoms with Gasteiger partial charge in [-0.25, -0.2) is 4.79 Å². The first-order chi connectivity index (χ1) is 13.6. The zero-order valence-corrected chi connectivity index (χ0v) is 15.1. The smallest absolute Gasteiger partial charge is 0.325 e. The summed E-state index contributed by atoms with van der Waals surface area (Å²) in [5, 5.41) is 2.86. The molecule has 0 unspecified atom stereocenters. The molecule has 1 atom stereocenters. The zero-order valence-electron chi connectivity index (χ0n) is 15.1. The minimum Gasteiger partial charge on any atom is -0.454 e. The fourth-order valence-corrected chi connectivity index (χ4v) is 4.26. The lowest BCUT2D eigenvalue weighted by Gasteiger charge is -2.33. The molecule has 3 amide bonds. The number of rotatable bonds is 3. The molecule has 2 aliphatic heterocycles. The van der Waals surface area contributed by atoms with Crippen LogP contribution in [0.3, 0.4) is 0 Å². The summed E-state index contributed by atoms with van der Waals surface area (Å²) in [4.78, 5) is 39.6. The van der Waals surface area contributed by atoms with Gasteiger partial charge < -0.3 is 14.8 Å². The molecule has 1 fully saturated rings. The molecule has 0 aromatic heterocycles. The summed E-state index contributed by atoms with van der Waals surface area (Å²) in [6.45, 7) is -0.198. The van der Waals surface area contributed by atoms with Crippen LogP contribution in [0.15, 0.2) is 42.5 Å². The number of hydrogen-bond donors (Lipinski definition) is 1. The summed E-state index contributed by atoms with van der Waals surface area (Å²) in [7, 11) is 0. The second-order valence-electron chi connectivity index (χ2n) is 7.23. The van der Waals surface area contributed by atoms with Gasteiger partial charge in [-0.05, 0) is 48.6 Å². The predicted octanol–water partition coefficient (Wildman–Crippen LogP) is 2.38. The van der Waals surface area contributed by atoms with E-state index in [9.17, 15) is 14.4 Å². The fraction of sp³-hybridized carbons (Fsp3) is 0.286. The third-order valence-corrected chi connectivity index (χ3v) is 5.65. The molecule has 5 rings (SSSR count). The van der Waals surface area contributed by atoms with Gasteiger partial charge in [0.2, 0.25) is 6.79 Å². The van der Waals surface area contributed by atoms with Gasteiger partial charge in [0.1, 0.15) is 5.54 Å². The maximum atomic E-state index is 13.3. The first-order valence-corrected chi connectivity index (χ1v) is 9.24. The van der Waals surface area contributed by atoms with Crippen LogP contribution in [0.2, 0.25) is 0 Å². The molecule has 2 aromatic rings. The molecular formula is C21H18N2O5. The quantitative estimate of drug-likeness (QED) is 0.655. The summed E-state index contributed by atoms with van der Waals surface area (Å²) < 4.78 is 10.5. The Morgan fingerprint density at radius 2 is 1.93 bits per heavy atom. The van der Waals surface area contributed by atoms with Gasteiger partial charge in [0.25, 0.3) is 5.91 Å². The Labute approximate surface area is 161 Å². The van der Waals surface area contributed by atoms with E-state index in [2.05, 4.69) is 5.32 Å². The van der Waals surface area contributed by atoms with Crippen LogP contribution in [0.25, 0.3) is 0 Å². The molecule has 3 aliphatic rings. The highest BCUT2D eigenvalue weighted by atomic mass is 16.7. The fourth-order valence-electron chi connectivity index (χ4n) is 4.26. The minimum absolute atomic E-state index is 0.113. The van der Waals surface area contributed by atoms with E-state index in [4.69, 9.17) is 9.47 Å². The molecule has 0 radical (unpaired) electrons. The number of imide groups is 1. The Morgan fingerprint density at radius 1 is 1.11 bits per heavy atom. The highest BCUT2D eigenvalue weighted by molar-refractivity contribution is 6.11. The van der Waals surface area contributed by atoms with E-state index >= 15 is 0 Å². The highest BCUT2D eigenvalue weighted by Crippen LogP contribution is 2.40. The molecule has 1 saturated heterocycles.